The first-order chi connectivity index (χ1) is 13.1. The molecule has 136 valence electrons. The molecule has 0 bridgehead atoms. The van der Waals surface area contributed by atoms with Crippen LogP contribution in [0.1, 0.15) is 6.42 Å². The largest absolute Gasteiger partial charge is 0.338 e. The summed E-state index contributed by atoms with van der Waals surface area (Å²) in [6.07, 6.45) is 0.295. The van der Waals surface area contributed by atoms with Crippen LogP contribution in [0.2, 0.25) is 10.0 Å². The molecule has 0 atom stereocenters. The number of amides is 1. The molecule has 0 saturated heterocycles. The summed E-state index contributed by atoms with van der Waals surface area (Å²) in [6.45, 7) is 0. The van der Waals surface area contributed by atoms with Gasteiger partial charge < -0.3 is 10.3 Å². The highest BCUT2D eigenvalue weighted by Gasteiger charge is 2.10. The van der Waals surface area contributed by atoms with E-state index in [2.05, 4.69) is 25.5 Å². The Kier molecular flexibility index (Phi) is 5.15. The van der Waals surface area contributed by atoms with Gasteiger partial charge in [-0.1, -0.05) is 53.2 Å². The number of hydrogen-bond acceptors (Lipinski definition) is 5. The van der Waals surface area contributed by atoms with Crippen LogP contribution in [0, 0.1) is 0 Å². The average Bonchev–Trinajstić information content (AvgIpc) is 2.98. The van der Waals surface area contributed by atoms with Crippen LogP contribution < -0.4 is 5.32 Å². The number of rotatable bonds is 5. The van der Waals surface area contributed by atoms with Gasteiger partial charge in [-0.15, -0.1) is 10.2 Å². The smallest absolute Gasteiger partial charge is 0.225 e. The quantitative estimate of drug-likeness (QED) is 0.449. The van der Waals surface area contributed by atoms with E-state index in [1.165, 1.54) is 11.8 Å². The first-order valence-electron chi connectivity index (χ1n) is 8.08. The molecule has 9 heteroatoms. The van der Waals surface area contributed by atoms with Crippen molar-refractivity contribution in [1.29, 1.82) is 0 Å². The molecule has 0 aliphatic heterocycles. The molecule has 0 fully saturated rings. The number of halogens is 2. The van der Waals surface area contributed by atoms with E-state index in [-0.39, 0.29) is 5.91 Å². The van der Waals surface area contributed by atoms with Gasteiger partial charge in [-0.3, -0.25) is 4.79 Å². The minimum atomic E-state index is -0.138. The SMILES string of the molecule is O=C(CCSc1nnc2c(n1)[nH]c1ccccc12)Nc1cc(Cl)cc(Cl)c1. The molecule has 6 nitrogen and oxygen atoms in total. The van der Waals surface area contributed by atoms with E-state index in [0.29, 0.717) is 38.7 Å². The number of nitrogens with zero attached hydrogens (tertiary/aromatic N) is 3. The maximum Gasteiger partial charge on any atom is 0.225 e. The van der Waals surface area contributed by atoms with E-state index in [9.17, 15) is 4.79 Å². The Labute approximate surface area is 168 Å². The van der Waals surface area contributed by atoms with Gasteiger partial charge in [0.1, 0.15) is 5.52 Å². The maximum absolute atomic E-state index is 12.1. The Bertz CT molecular complexity index is 1130. The normalized spacial score (nSPS) is 11.2. The minimum absolute atomic E-state index is 0.138. The van der Waals surface area contributed by atoms with Crippen molar-refractivity contribution in [2.75, 3.05) is 11.1 Å². The molecule has 2 aromatic carbocycles. The molecule has 2 aromatic heterocycles. The van der Waals surface area contributed by atoms with Gasteiger partial charge in [-0.05, 0) is 24.3 Å². The lowest BCUT2D eigenvalue weighted by Gasteiger charge is -2.06. The fourth-order valence-corrected chi connectivity index (χ4v) is 3.90. The van der Waals surface area contributed by atoms with Gasteiger partial charge in [0.25, 0.3) is 0 Å². The molecule has 0 saturated carbocycles. The summed E-state index contributed by atoms with van der Waals surface area (Å²) in [6, 6.07) is 12.8. The number of fused-ring (bicyclic) bond motifs is 3. The summed E-state index contributed by atoms with van der Waals surface area (Å²) >= 11 is 13.2. The van der Waals surface area contributed by atoms with Crippen LogP contribution in [0.3, 0.4) is 0 Å². The first-order valence-corrected chi connectivity index (χ1v) is 9.82. The standard InChI is InChI=1S/C18H13Cl2N5OS/c19-10-7-11(20)9-12(8-10)21-15(26)5-6-27-18-23-17-16(24-25-18)13-3-1-2-4-14(13)22-17/h1-4,7-9H,5-6H2,(H,21,26)(H,22,23,25). The Morgan fingerprint density at radius 1 is 1.11 bits per heavy atom. The fourth-order valence-electron chi connectivity index (χ4n) is 2.65. The molecule has 27 heavy (non-hydrogen) atoms. The highest BCUT2D eigenvalue weighted by molar-refractivity contribution is 7.99. The lowest BCUT2D eigenvalue weighted by Crippen LogP contribution is -2.12. The minimum Gasteiger partial charge on any atom is -0.338 e. The van der Waals surface area contributed by atoms with Crippen molar-refractivity contribution in [1.82, 2.24) is 20.2 Å². The number of para-hydroxylation sites is 1. The molecule has 0 aliphatic carbocycles. The molecule has 0 radical (unpaired) electrons. The lowest BCUT2D eigenvalue weighted by atomic mass is 10.2. The second-order valence-electron chi connectivity index (χ2n) is 5.77. The molecule has 2 heterocycles. The van der Waals surface area contributed by atoms with Gasteiger partial charge in [-0.25, -0.2) is 4.98 Å². The van der Waals surface area contributed by atoms with E-state index in [1.807, 2.05) is 24.3 Å². The monoisotopic (exact) mass is 417 g/mol. The van der Waals surface area contributed by atoms with Crippen LogP contribution in [-0.4, -0.2) is 31.8 Å². The molecular formula is C18H13Cl2N5OS. The van der Waals surface area contributed by atoms with Crippen LogP contribution in [0.25, 0.3) is 22.1 Å². The van der Waals surface area contributed by atoms with Crippen molar-refractivity contribution in [2.45, 2.75) is 11.6 Å². The number of hydrogen-bond donors (Lipinski definition) is 2. The molecule has 4 rings (SSSR count). The van der Waals surface area contributed by atoms with E-state index < -0.39 is 0 Å². The van der Waals surface area contributed by atoms with Crippen molar-refractivity contribution in [3.05, 3.63) is 52.5 Å². The van der Waals surface area contributed by atoms with Crippen molar-refractivity contribution in [3.8, 4) is 0 Å². The van der Waals surface area contributed by atoms with E-state index in [0.717, 1.165) is 16.4 Å². The van der Waals surface area contributed by atoms with Crippen molar-refractivity contribution in [3.63, 3.8) is 0 Å². The van der Waals surface area contributed by atoms with Crippen LogP contribution in [-0.2, 0) is 4.79 Å². The molecule has 0 aliphatic rings. The maximum atomic E-state index is 12.1. The summed E-state index contributed by atoms with van der Waals surface area (Å²) in [5.41, 5.74) is 2.97. The van der Waals surface area contributed by atoms with Gasteiger partial charge in [0.05, 0.1) is 0 Å². The number of benzene rings is 2. The molecule has 4 aromatic rings. The summed E-state index contributed by atoms with van der Waals surface area (Å²) < 4.78 is 0. The molecule has 2 N–H and O–H groups in total. The number of aromatic nitrogens is 4. The van der Waals surface area contributed by atoms with E-state index >= 15 is 0 Å². The Hall–Kier alpha value is -2.35. The van der Waals surface area contributed by atoms with Gasteiger partial charge >= 0.3 is 0 Å². The Morgan fingerprint density at radius 2 is 1.89 bits per heavy atom. The third-order valence-corrected chi connectivity index (χ3v) is 5.08. The zero-order chi connectivity index (χ0) is 18.8. The third kappa shape index (κ3) is 4.16. The van der Waals surface area contributed by atoms with Crippen LogP contribution >= 0.6 is 35.0 Å². The highest BCUT2D eigenvalue weighted by Crippen LogP contribution is 2.24. The molecule has 0 spiro atoms. The number of nitrogens with one attached hydrogen (secondary N) is 2. The Balaban J connectivity index is 1.38. The molecule has 1 amide bonds. The summed E-state index contributed by atoms with van der Waals surface area (Å²) in [7, 11) is 0. The number of anilines is 1. The number of H-pyrrole nitrogens is 1. The summed E-state index contributed by atoms with van der Waals surface area (Å²) in [5, 5.41) is 13.6. The highest BCUT2D eigenvalue weighted by atomic mass is 35.5. The van der Waals surface area contributed by atoms with Crippen molar-refractivity contribution >= 4 is 68.6 Å². The molecule has 0 unspecified atom stereocenters. The molecular weight excluding hydrogens is 405 g/mol. The van der Waals surface area contributed by atoms with Crippen molar-refractivity contribution < 1.29 is 4.79 Å². The average molecular weight is 418 g/mol. The van der Waals surface area contributed by atoms with Crippen LogP contribution in [0.15, 0.2) is 47.6 Å². The van der Waals surface area contributed by atoms with Crippen LogP contribution in [0.4, 0.5) is 5.69 Å². The van der Waals surface area contributed by atoms with E-state index in [4.69, 9.17) is 23.2 Å². The zero-order valence-electron chi connectivity index (χ0n) is 13.9. The van der Waals surface area contributed by atoms with Gasteiger partial charge in [0.15, 0.2) is 5.65 Å². The Morgan fingerprint density at radius 3 is 2.70 bits per heavy atom. The van der Waals surface area contributed by atoms with E-state index in [1.54, 1.807) is 18.2 Å². The number of thioether (sulfide) groups is 1. The summed E-state index contributed by atoms with van der Waals surface area (Å²) in [4.78, 5) is 19.8. The zero-order valence-corrected chi connectivity index (χ0v) is 16.2. The predicted molar refractivity (Wildman–Crippen MR) is 110 cm³/mol. The first kappa shape index (κ1) is 18.0. The van der Waals surface area contributed by atoms with Gasteiger partial charge in [-0.2, -0.15) is 0 Å². The topological polar surface area (TPSA) is 83.6 Å². The summed E-state index contributed by atoms with van der Waals surface area (Å²) in [5.74, 6) is 0.383. The van der Waals surface area contributed by atoms with Gasteiger partial charge in [0, 0.05) is 38.8 Å². The lowest BCUT2D eigenvalue weighted by molar-refractivity contribution is -0.115. The second kappa shape index (κ2) is 7.72. The number of carbonyl (C=O) groups is 1. The second-order valence-corrected chi connectivity index (χ2v) is 7.70. The van der Waals surface area contributed by atoms with Gasteiger partial charge in [0.2, 0.25) is 11.1 Å². The predicted octanol–water partition coefficient (Wildman–Crippen LogP) is 4.93. The number of carbonyl (C=O) groups excluding carboxylic acids is 1. The van der Waals surface area contributed by atoms with Crippen LogP contribution in [0.5, 0.6) is 0 Å². The van der Waals surface area contributed by atoms with Crippen molar-refractivity contribution in [2.24, 2.45) is 0 Å². The fraction of sp³-hybridized carbons (Fsp3) is 0.111. The third-order valence-electron chi connectivity index (χ3n) is 3.81. The number of aromatic amines is 1.